The number of hydrogen-bond acceptors (Lipinski definition) is 4. The normalized spacial score (nSPS) is 12.9. The van der Waals surface area contributed by atoms with Crippen molar-refractivity contribution in [1.29, 1.82) is 0 Å². The number of anilines is 1. The molecular weight excluding hydrogens is 238 g/mol. The van der Waals surface area contributed by atoms with Crippen molar-refractivity contribution in [3.8, 4) is 11.4 Å². The number of nitrogen functional groups attached to an aromatic ring is 1. The van der Waals surface area contributed by atoms with E-state index in [1.165, 1.54) is 0 Å². The fourth-order valence-corrected chi connectivity index (χ4v) is 1.88. The van der Waals surface area contributed by atoms with Gasteiger partial charge in [0, 0.05) is 17.8 Å². The minimum absolute atomic E-state index is 0.508. The van der Waals surface area contributed by atoms with Gasteiger partial charge in [-0.05, 0) is 40.8 Å². The molecule has 0 aliphatic carbocycles. The molecule has 2 rings (SSSR count). The van der Waals surface area contributed by atoms with Crippen molar-refractivity contribution >= 4 is 5.69 Å². The maximum Gasteiger partial charge on any atom is 0.184 e. The third-order valence-corrected chi connectivity index (χ3v) is 3.70. The molecule has 5 nitrogen and oxygen atoms in total. The Bertz CT molecular complexity index is 559. The Labute approximate surface area is 113 Å². The number of nitrogens with two attached hydrogens (primary N) is 1. The molecule has 0 radical (unpaired) electrons. The molecule has 1 atom stereocenters. The molecule has 0 aliphatic rings. The standard InChI is InChI=1S/C14H21N5/c1-9(2)11(4)8-19-14(16-17-18-19)12-7-5-6-10(3)13(12)15/h5-7,9,11H,8,15H2,1-4H3. The molecule has 0 aliphatic heterocycles. The van der Waals surface area contributed by atoms with Crippen molar-refractivity contribution in [2.24, 2.45) is 11.8 Å². The Morgan fingerprint density at radius 1 is 1.26 bits per heavy atom. The number of para-hydroxylation sites is 1. The minimum atomic E-state index is 0.508. The van der Waals surface area contributed by atoms with Crippen LogP contribution in [0.5, 0.6) is 0 Å². The van der Waals surface area contributed by atoms with Crippen LogP contribution in [0.1, 0.15) is 26.3 Å². The van der Waals surface area contributed by atoms with Gasteiger partial charge in [0.1, 0.15) is 0 Å². The lowest BCUT2D eigenvalue weighted by atomic mass is 9.98. The third-order valence-electron chi connectivity index (χ3n) is 3.70. The number of aryl methyl sites for hydroxylation is 1. The van der Waals surface area contributed by atoms with Gasteiger partial charge in [-0.15, -0.1) is 5.10 Å². The lowest BCUT2D eigenvalue weighted by Gasteiger charge is -2.16. The van der Waals surface area contributed by atoms with E-state index in [4.69, 9.17) is 5.73 Å². The van der Waals surface area contributed by atoms with Gasteiger partial charge in [-0.1, -0.05) is 32.9 Å². The van der Waals surface area contributed by atoms with Gasteiger partial charge < -0.3 is 5.73 Å². The minimum Gasteiger partial charge on any atom is -0.398 e. The van der Waals surface area contributed by atoms with Gasteiger partial charge in [-0.2, -0.15) is 0 Å². The molecule has 0 spiro atoms. The van der Waals surface area contributed by atoms with Gasteiger partial charge in [0.15, 0.2) is 5.82 Å². The monoisotopic (exact) mass is 259 g/mol. The first-order valence-corrected chi connectivity index (χ1v) is 6.62. The summed E-state index contributed by atoms with van der Waals surface area (Å²) >= 11 is 0. The van der Waals surface area contributed by atoms with Crippen LogP contribution in [0.25, 0.3) is 11.4 Å². The first kappa shape index (κ1) is 13.5. The molecule has 0 amide bonds. The van der Waals surface area contributed by atoms with Crippen LogP contribution in [0.4, 0.5) is 5.69 Å². The highest BCUT2D eigenvalue weighted by Crippen LogP contribution is 2.26. The molecule has 0 saturated heterocycles. The van der Waals surface area contributed by atoms with E-state index >= 15 is 0 Å². The highest BCUT2D eigenvalue weighted by Gasteiger charge is 2.16. The van der Waals surface area contributed by atoms with Crippen molar-refractivity contribution < 1.29 is 0 Å². The van der Waals surface area contributed by atoms with Crippen LogP contribution < -0.4 is 5.73 Å². The molecule has 2 N–H and O–H groups in total. The summed E-state index contributed by atoms with van der Waals surface area (Å²) in [4.78, 5) is 0. The predicted molar refractivity (Wildman–Crippen MR) is 76.4 cm³/mol. The maximum atomic E-state index is 6.12. The first-order chi connectivity index (χ1) is 9.00. The Kier molecular flexibility index (Phi) is 3.83. The predicted octanol–water partition coefficient (Wildman–Crippen LogP) is 2.52. The summed E-state index contributed by atoms with van der Waals surface area (Å²) in [7, 11) is 0. The van der Waals surface area contributed by atoms with Gasteiger partial charge in [0.05, 0.1) is 0 Å². The second kappa shape index (κ2) is 5.38. The largest absolute Gasteiger partial charge is 0.398 e. The van der Waals surface area contributed by atoms with Crippen LogP contribution >= 0.6 is 0 Å². The van der Waals surface area contributed by atoms with Crippen LogP contribution in [0.15, 0.2) is 18.2 Å². The molecular formula is C14H21N5. The molecule has 1 heterocycles. The second-order valence-corrected chi connectivity index (χ2v) is 5.44. The summed E-state index contributed by atoms with van der Waals surface area (Å²) in [5.41, 5.74) is 8.82. The molecule has 19 heavy (non-hydrogen) atoms. The molecule has 2 aromatic rings. The molecule has 5 heteroatoms. The van der Waals surface area contributed by atoms with Crippen molar-refractivity contribution in [1.82, 2.24) is 20.2 Å². The second-order valence-electron chi connectivity index (χ2n) is 5.44. The van der Waals surface area contributed by atoms with E-state index in [9.17, 15) is 0 Å². The number of rotatable bonds is 4. The average Bonchev–Trinajstić information content (AvgIpc) is 2.80. The van der Waals surface area contributed by atoms with E-state index in [0.29, 0.717) is 11.8 Å². The van der Waals surface area contributed by atoms with Crippen molar-refractivity contribution in [3.63, 3.8) is 0 Å². The number of benzene rings is 1. The van der Waals surface area contributed by atoms with E-state index in [1.54, 1.807) is 0 Å². The van der Waals surface area contributed by atoms with Crippen molar-refractivity contribution in [2.45, 2.75) is 34.2 Å². The number of nitrogens with zero attached hydrogens (tertiary/aromatic N) is 4. The van der Waals surface area contributed by atoms with Gasteiger partial charge in [0.25, 0.3) is 0 Å². The van der Waals surface area contributed by atoms with Crippen LogP contribution in [0.3, 0.4) is 0 Å². The van der Waals surface area contributed by atoms with Crippen molar-refractivity contribution in [2.75, 3.05) is 5.73 Å². The fraction of sp³-hybridized carbons (Fsp3) is 0.500. The molecule has 0 bridgehead atoms. The molecule has 1 aromatic heterocycles. The van der Waals surface area contributed by atoms with Gasteiger partial charge in [-0.3, -0.25) is 0 Å². The quantitative estimate of drug-likeness (QED) is 0.856. The lowest BCUT2D eigenvalue weighted by Crippen LogP contribution is -2.15. The van der Waals surface area contributed by atoms with E-state index in [-0.39, 0.29) is 0 Å². The topological polar surface area (TPSA) is 69.6 Å². The van der Waals surface area contributed by atoms with Crippen molar-refractivity contribution in [3.05, 3.63) is 23.8 Å². The van der Waals surface area contributed by atoms with Gasteiger partial charge >= 0.3 is 0 Å². The third kappa shape index (κ3) is 2.75. The summed E-state index contributed by atoms with van der Waals surface area (Å²) in [5.74, 6) is 1.84. The van der Waals surface area contributed by atoms with E-state index in [0.717, 1.165) is 29.2 Å². The lowest BCUT2D eigenvalue weighted by molar-refractivity contribution is 0.347. The van der Waals surface area contributed by atoms with E-state index < -0.39 is 0 Å². The molecule has 0 saturated carbocycles. The molecule has 0 fully saturated rings. The van der Waals surface area contributed by atoms with Gasteiger partial charge in [-0.25, -0.2) is 4.68 Å². The smallest absolute Gasteiger partial charge is 0.184 e. The zero-order chi connectivity index (χ0) is 14.0. The summed E-state index contributed by atoms with van der Waals surface area (Å²) in [6.45, 7) is 9.40. The number of aromatic nitrogens is 4. The summed E-state index contributed by atoms with van der Waals surface area (Å²) in [6.07, 6.45) is 0. The van der Waals surface area contributed by atoms with Crippen LogP contribution in [-0.2, 0) is 6.54 Å². The first-order valence-electron chi connectivity index (χ1n) is 6.62. The van der Waals surface area contributed by atoms with E-state index in [1.807, 2.05) is 29.8 Å². The number of hydrogen-bond donors (Lipinski definition) is 1. The fourth-order valence-electron chi connectivity index (χ4n) is 1.88. The summed E-state index contributed by atoms with van der Waals surface area (Å²) < 4.78 is 1.84. The SMILES string of the molecule is Cc1cccc(-c2nnnn2CC(C)C(C)C)c1N. The number of tetrazole rings is 1. The van der Waals surface area contributed by atoms with Gasteiger partial charge in [0.2, 0.25) is 0 Å². The Morgan fingerprint density at radius 2 is 2.00 bits per heavy atom. The summed E-state index contributed by atoms with van der Waals surface area (Å²) in [5, 5.41) is 12.0. The Hall–Kier alpha value is -1.91. The Morgan fingerprint density at radius 3 is 2.68 bits per heavy atom. The highest BCUT2D eigenvalue weighted by atomic mass is 15.5. The van der Waals surface area contributed by atoms with Crippen LogP contribution in [-0.4, -0.2) is 20.2 Å². The zero-order valence-electron chi connectivity index (χ0n) is 12.0. The average molecular weight is 259 g/mol. The highest BCUT2D eigenvalue weighted by molar-refractivity contribution is 5.73. The Balaban J connectivity index is 2.36. The molecule has 102 valence electrons. The molecule has 1 aromatic carbocycles. The summed E-state index contributed by atoms with van der Waals surface area (Å²) in [6, 6.07) is 5.93. The van der Waals surface area contributed by atoms with E-state index in [2.05, 4.69) is 36.3 Å². The zero-order valence-corrected chi connectivity index (χ0v) is 12.0. The van der Waals surface area contributed by atoms with Crippen LogP contribution in [0.2, 0.25) is 0 Å². The van der Waals surface area contributed by atoms with Crippen LogP contribution in [0, 0.1) is 18.8 Å². The molecule has 1 unspecified atom stereocenters. The maximum absolute atomic E-state index is 6.12.